The maximum Gasteiger partial charge on any atom is 0.191 e. The number of guanidine groups is 1. The van der Waals surface area contributed by atoms with E-state index in [1.807, 2.05) is 12.1 Å². The van der Waals surface area contributed by atoms with Crippen LogP contribution in [0.2, 0.25) is 5.02 Å². The molecule has 1 aromatic carbocycles. The molecule has 7 heteroatoms. The number of rotatable bonds is 6. The second-order valence-corrected chi connectivity index (χ2v) is 7.28. The average Bonchev–Trinajstić information content (AvgIpc) is 3.09. The summed E-state index contributed by atoms with van der Waals surface area (Å²) in [7, 11) is 5.94. The third-order valence-corrected chi connectivity index (χ3v) is 5.19. The molecule has 25 heavy (non-hydrogen) atoms. The van der Waals surface area contributed by atoms with Crippen LogP contribution in [0.3, 0.4) is 0 Å². The van der Waals surface area contributed by atoms with Crippen LogP contribution in [-0.4, -0.2) is 38.5 Å². The Hall–Kier alpha value is -0.830. The Bertz CT molecular complexity index is 644. The molecule has 0 saturated carbocycles. The van der Waals surface area contributed by atoms with E-state index >= 15 is 0 Å². The number of nitrogens with one attached hydrogen (secondary N) is 2. The standard InChI is InChI=1S/C18H25ClN4S.HI/c1-13(17-6-5-11-24-17)22-18(20-2)21-12-16(23(3)4)14-7-9-15(19)10-8-14;/h5-11,13,16H,12H2,1-4H3,(H2,20,21,22);1H. The van der Waals surface area contributed by atoms with Crippen LogP contribution in [0.25, 0.3) is 0 Å². The van der Waals surface area contributed by atoms with Crippen LogP contribution >= 0.6 is 46.9 Å². The van der Waals surface area contributed by atoms with E-state index in [4.69, 9.17) is 11.6 Å². The van der Waals surface area contributed by atoms with Gasteiger partial charge < -0.3 is 15.5 Å². The predicted octanol–water partition coefficient (Wildman–Crippen LogP) is 4.55. The van der Waals surface area contributed by atoms with Gasteiger partial charge >= 0.3 is 0 Å². The van der Waals surface area contributed by atoms with Gasteiger partial charge in [-0.05, 0) is 50.2 Å². The van der Waals surface area contributed by atoms with Crippen molar-refractivity contribution in [2.24, 2.45) is 4.99 Å². The van der Waals surface area contributed by atoms with Gasteiger partial charge in [-0.3, -0.25) is 4.99 Å². The van der Waals surface area contributed by atoms with Crippen LogP contribution < -0.4 is 10.6 Å². The fourth-order valence-electron chi connectivity index (χ4n) is 2.49. The van der Waals surface area contributed by atoms with Gasteiger partial charge in [0, 0.05) is 23.5 Å². The molecular formula is C18H26ClIN4S. The zero-order valence-corrected chi connectivity index (χ0v) is 18.9. The molecule has 0 radical (unpaired) electrons. The van der Waals surface area contributed by atoms with Crippen molar-refractivity contribution >= 4 is 52.9 Å². The Balaban J connectivity index is 0.00000312. The van der Waals surface area contributed by atoms with Gasteiger partial charge in [-0.1, -0.05) is 29.8 Å². The lowest BCUT2D eigenvalue weighted by molar-refractivity contribution is 0.298. The first-order valence-electron chi connectivity index (χ1n) is 7.93. The summed E-state index contributed by atoms with van der Waals surface area (Å²) in [6.45, 7) is 2.90. The average molecular weight is 493 g/mol. The molecule has 2 atom stereocenters. The highest BCUT2D eigenvalue weighted by Crippen LogP contribution is 2.20. The highest BCUT2D eigenvalue weighted by Gasteiger charge is 2.15. The number of aliphatic imine (C=N–C) groups is 1. The number of hydrogen-bond donors (Lipinski definition) is 2. The van der Waals surface area contributed by atoms with Gasteiger partial charge in [-0.25, -0.2) is 0 Å². The molecule has 1 aromatic heterocycles. The largest absolute Gasteiger partial charge is 0.354 e. The van der Waals surface area contributed by atoms with E-state index < -0.39 is 0 Å². The lowest BCUT2D eigenvalue weighted by Crippen LogP contribution is -2.42. The first kappa shape index (κ1) is 22.2. The first-order chi connectivity index (χ1) is 11.5. The lowest BCUT2D eigenvalue weighted by Gasteiger charge is -2.26. The fourth-order valence-corrected chi connectivity index (χ4v) is 3.35. The summed E-state index contributed by atoms with van der Waals surface area (Å²) < 4.78 is 0. The summed E-state index contributed by atoms with van der Waals surface area (Å²) in [6.07, 6.45) is 0. The highest BCUT2D eigenvalue weighted by atomic mass is 127. The number of thiophene rings is 1. The van der Waals surface area contributed by atoms with E-state index in [0.29, 0.717) is 0 Å². The summed E-state index contributed by atoms with van der Waals surface area (Å²) in [6, 6.07) is 12.7. The SMILES string of the molecule is CN=C(NCC(c1ccc(Cl)cc1)N(C)C)NC(C)c1cccs1.I. The molecular weight excluding hydrogens is 467 g/mol. The van der Waals surface area contributed by atoms with E-state index in [1.54, 1.807) is 18.4 Å². The zero-order chi connectivity index (χ0) is 17.5. The third-order valence-electron chi connectivity index (χ3n) is 3.89. The molecule has 2 aromatic rings. The summed E-state index contributed by atoms with van der Waals surface area (Å²) in [5.74, 6) is 0.803. The normalized spacial score (nSPS) is 13.9. The zero-order valence-electron chi connectivity index (χ0n) is 15.0. The second kappa shape index (κ2) is 11.0. The van der Waals surface area contributed by atoms with Crippen LogP contribution in [0.15, 0.2) is 46.8 Å². The minimum absolute atomic E-state index is 0. The maximum absolute atomic E-state index is 5.99. The van der Waals surface area contributed by atoms with Crippen LogP contribution in [0.5, 0.6) is 0 Å². The van der Waals surface area contributed by atoms with Crippen molar-refractivity contribution in [1.82, 2.24) is 15.5 Å². The lowest BCUT2D eigenvalue weighted by atomic mass is 10.1. The molecule has 0 aliphatic rings. The minimum Gasteiger partial charge on any atom is -0.354 e. The topological polar surface area (TPSA) is 39.7 Å². The quantitative estimate of drug-likeness (QED) is 0.353. The molecule has 2 N–H and O–H groups in total. The molecule has 0 bridgehead atoms. The van der Waals surface area contributed by atoms with Crippen molar-refractivity contribution < 1.29 is 0 Å². The molecule has 0 fully saturated rings. The molecule has 0 aliphatic heterocycles. The Labute approximate surface area is 176 Å². The van der Waals surface area contributed by atoms with Crippen molar-refractivity contribution in [3.05, 3.63) is 57.2 Å². The van der Waals surface area contributed by atoms with E-state index in [1.165, 1.54) is 10.4 Å². The molecule has 0 spiro atoms. The van der Waals surface area contributed by atoms with Gasteiger partial charge in [0.1, 0.15) is 0 Å². The number of hydrogen-bond acceptors (Lipinski definition) is 3. The Morgan fingerprint density at radius 3 is 2.44 bits per heavy atom. The van der Waals surface area contributed by atoms with E-state index in [-0.39, 0.29) is 36.1 Å². The number of likely N-dealkylation sites (N-methyl/N-ethyl adjacent to an activating group) is 1. The third kappa shape index (κ3) is 6.77. The fraction of sp³-hybridized carbons (Fsp3) is 0.389. The summed E-state index contributed by atoms with van der Waals surface area (Å²) >= 11 is 7.74. The van der Waals surface area contributed by atoms with Gasteiger partial charge in [-0.15, -0.1) is 35.3 Å². The van der Waals surface area contributed by atoms with Gasteiger partial charge in [0.05, 0.1) is 12.1 Å². The molecule has 1 heterocycles. The van der Waals surface area contributed by atoms with E-state index in [2.05, 4.69) is 71.2 Å². The number of halogens is 2. The van der Waals surface area contributed by atoms with Gasteiger partial charge in [0.25, 0.3) is 0 Å². The molecule has 2 unspecified atom stereocenters. The second-order valence-electron chi connectivity index (χ2n) is 5.87. The molecule has 138 valence electrons. The van der Waals surface area contributed by atoms with E-state index in [9.17, 15) is 0 Å². The van der Waals surface area contributed by atoms with Crippen LogP contribution in [0.4, 0.5) is 0 Å². The molecule has 2 rings (SSSR count). The summed E-state index contributed by atoms with van der Waals surface area (Å²) in [5.41, 5.74) is 1.22. The number of nitrogens with zero attached hydrogens (tertiary/aromatic N) is 2. The Morgan fingerprint density at radius 1 is 1.24 bits per heavy atom. The monoisotopic (exact) mass is 492 g/mol. The van der Waals surface area contributed by atoms with Gasteiger partial charge in [0.2, 0.25) is 0 Å². The Kier molecular flexibility index (Phi) is 9.78. The highest BCUT2D eigenvalue weighted by molar-refractivity contribution is 14.0. The molecule has 4 nitrogen and oxygen atoms in total. The minimum atomic E-state index is 0. The van der Waals surface area contributed by atoms with E-state index in [0.717, 1.165) is 17.5 Å². The van der Waals surface area contributed by atoms with Gasteiger partial charge in [0.15, 0.2) is 5.96 Å². The van der Waals surface area contributed by atoms with Crippen molar-refractivity contribution in [3.8, 4) is 0 Å². The van der Waals surface area contributed by atoms with Crippen LogP contribution in [0.1, 0.15) is 29.4 Å². The maximum atomic E-state index is 5.99. The molecule has 0 amide bonds. The van der Waals surface area contributed by atoms with Crippen molar-refractivity contribution in [2.45, 2.75) is 19.0 Å². The summed E-state index contributed by atoms with van der Waals surface area (Å²) in [5, 5.41) is 9.70. The predicted molar refractivity (Wildman–Crippen MR) is 121 cm³/mol. The molecule has 0 saturated heterocycles. The van der Waals surface area contributed by atoms with Crippen molar-refractivity contribution in [2.75, 3.05) is 27.7 Å². The van der Waals surface area contributed by atoms with Crippen molar-refractivity contribution in [1.29, 1.82) is 0 Å². The van der Waals surface area contributed by atoms with Crippen molar-refractivity contribution in [3.63, 3.8) is 0 Å². The molecule has 0 aliphatic carbocycles. The first-order valence-corrected chi connectivity index (χ1v) is 9.19. The van der Waals surface area contributed by atoms with Crippen LogP contribution in [0, 0.1) is 0 Å². The van der Waals surface area contributed by atoms with Crippen LogP contribution in [-0.2, 0) is 0 Å². The Morgan fingerprint density at radius 2 is 1.92 bits per heavy atom. The number of benzene rings is 1. The smallest absolute Gasteiger partial charge is 0.191 e. The van der Waals surface area contributed by atoms with Gasteiger partial charge in [-0.2, -0.15) is 0 Å². The summed E-state index contributed by atoms with van der Waals surface area (Å²) in [4.78, 5) is 7.81.